The van der Waals surface area contributed by atoms with Crippen LogP contribution in [-0.2, 0) is 14.3 Å². The predicted octanol–water partition coefficient (Wildman–Crippen LogP) is 1.59. The molecule has 0 aliphatic carbocycles. The van der Waals surface area contributed by atoms with Crippen molar-refractivity contribution in [1.29, 1.82) is 0 Å². The summed E-state index contributed by atoms with van der Waals surface area (Å²) in [6.45, 7) is 2.20. The summed E-state index contributed by atoms with van der Waals surface area (Å²) >= 11 is 0. The van der Waals surface area contributed by atoms with Gasteiger partial charge in [0.15, 0.2) is 29.1 Å². The van der Waals surface area contributed by atoms with Gasteiger partial charge in [-0.15, -0.1) is 0 Å². The third kappa shape index (κ3) is 3.43. The van der Waals surface area contributed by atoms with E-state index in [0.29, 0.717) is 71.9 Å². The number of methoxy groups -OCH3 is 2. The minimum absolute atomic E-state index is 0.0909. The summed E-state index contributed by atoms with van der Waals surface area (Å²) < 4.78 is 21.8. The van der Waals surface area contributed by atoms with Crippen molar-refractivity contribution in [1.82, 2.24) is 14.9 Å². The summed E-state index contributed by atoms with van der Waals surface area (Å²) in [7, 11) is 3.14. The molecule has 5 rings (SSSR count). The normalized spacial score (nSPS) is 19.6. The molecule has 10 heteroatoms. The number of carbonyl (C=O) groups is 1. The first-order chi connectivity index (χ1) is 15.6. The summed E-state index contributed by atoms with van der Waals surface area (Å²) in [6, 6.07) is 3.55. The lowest BCUT2D eigenvalue weighted by Gasteiger charge is -2.35. The quantitative estimate of drug-likeness (QED) is 0.762. The summed E-state index contributed by atoms with van der Waals surface area (Å²) in [5.74, 6) is 3.08. The van der Waals surface area contributed by atoms with Crippen LogP contribution in [0.4, 0.5) is 11.8 Å². The highest BCUT2D eigenvalue weighted by Gasteiger charge is 2.34. The predicted molar refractivity (Wildman–Crippen MR) is 117 cm³/mol. The van der Waals surface area contributed by atoms with Crippen molar-refractivity contribution in [2.24, 2.45) is 0 Å². The Bertz CT molecular complexity index is 1170. The molecule has 0 saturated carbocycles. The number of anilines is 2. The van der Waals surface area contributed by atoms with Crippen LogP contribution >= 0.6 is 0 Å². The first-order valence-corrected chi connectivity index (χ1v) is 10.2. The minimum atomic E-state index is -0.669. The van der Waals surface area contributed by atoms with Gasteiger partial charge in [-0.3, -0.25) is 4.79 Å². The Morgan fingerprint density at radius 3 is 2.56 bits per heavy atom. The minimum Gasteiger partial charge on any atom is -0.493 e. The van der Waals surface area contributed by atoms with Gasteiger partial charge in [-0.25, -0.2) is 4.98 Å². The third-order valence-electron chi connectivity index (χ3n) is 5.66. The van der Waals surface area contributed by atoms with Crippen molar-refractivity contribution in [3.05, 3.63) is 48.1 Å². The first kappa shape index (κ1) is 20.0. The molecule has 2 aromatic rings. The molecule has 166 valence electrons. The molecule has 0 radical (unpaired) electrons. The zero-order valence-electron chi connectivity index (χ0n) is 17.8. The number of benzene rings is 1. The van der Waals surface area contributed by atoms with E-state index in [2.05, 4.69) is 9.97 Å². The fourth-order valence-corrected chi connectivity index (χ4v) is 3.94. The molecule has 1 unspecified atom stereocenters. The van der Waals surface area contributed by atoms with Crippen LogP contribution in [0, 0.1) is 0 Å². The molecule has 1 aromatic carbocycles. The number of piperazine rings is 1. The molecule has 1 atom stereocenters. The second-order valence-electron chi connectivity index (χ2n) is 7.49. The summed E-state index contributed by atoms with van der Waals surface area (Å²) in [6.07, 6.45) is 6.12. The average molecular weight is 437 g/mol. The third-order valence-corrected chi connectivity index (χ3v) is 5.66. The number of ether oxygens (including phenoxy) is 4. The highest BCUT2D eigenvalue weighted by atomic mass is 16.5. The topological polar surface area (TPSA) is 112 Å². The highest BCUT2D eigenvalue weighted by molar-refractivity contribution is 5.92. The lowest BCUT2D eigenvalue weighted by molar-refractivity contribution is -0.138. The SMILES string of the molecule is COc1cc2nc(N3CCN(C(=O)C4C=C5OC=CC=C5O4)CC3)nc(N)c2cc1OC. The van der Waals surface area contributed by atoms with Crippen LogP contribution in [0.3, 0.4) is 0 Å². The Hall–Kier alpha value is -3.95. The maximum atomic E-state index is 12.9. The van der Waals surface area contributed by atoms with E-state index in [9.17, 15) is 4.79 Å². The number of hydrogen-bond acceptors (Lipinski definition) is 9. The maximum absolute atomic E-state index is 12.9. The van der Waals surface area contributed by atoms with Crippen molar-refractivity contribution in [3.8, 4) is 11.5 Å². The number of rotatable bonds is 4. The molecule has 1 amide bonds. The maximum Gasteiger partial charge on any atom is 0.268 e. The number of nitrogen functional groups attached to an aromatic ring is 1. The molecule has 10 nitrogen and oxygen atoms in total. The van der Waals surface area contributed by atoms with Crippen LogP contribution in [-0.4, -0.2) is 67.3 Å². The number of aromatic nitrogens is 2. The molecule has 3 aliphatic rings. The highest BCUT2D eigenvalue weighted by Crippen LogP contribution is 2.34. The van der Waals surface area contributed by atoms with Gasteiger partial charge in [0.05, 0.1) is 26.0 Å². The van der Waals surface area contributed by atoms with Gasteiger partial charge in [0.2, 0.25) is 5.95 Å². The molecule has 1 fully saturated rings. The Balaban J connectivity index is 1.30. The molecule has 1 aromatic heterocycles. The molecule has 1 saturated heterocycles. The fraction of sp³-hybridized carbons (Fsp3) is 0.318. The number of carbonyl (C=O) groups excluding carboxylic acids is 1. The van der Waals surface area contributed by atoms with Crippen LogP contribution in [0.15, 0.2) is 48.1 Å². The summed E-state index contributed by atoms with van der Waals surface area (Å²) in [5.41, 5.74) is 6.88. The van der Waals surface area contributed by atoms with E-state index in [1.54, 1.807) is 55.7 Å². The zero-order chi connectivity index (χ0) is 22.2. The van der Waals surface area contributed by atoms with E-state index in [-0.39, 0.29) is 5.91 Å². The molecule has 0 spiro atoms. The number of nitrogens with two attached hydrogens (primary N) is 1. The molecular weight excluding hydrogens is 414 g/mol. The molecule has 0 bridgehead atoms. The van der Waals surface area contributed by atoms with E-state index < -0.39 is 6.10 Å². The van der Waals surface area contributed by atoms with Crippen molar-refractivity contribution in [2.75, 3.05) is 51.0 Å². The van der Waals surface area contributed by atoms with Crippen molar-refractivity contribution in [3.63, 3.8) is 0 Å². The van der Waals surface area contributed by atoms with E-state index in [4.69, 9.17) is 24.7 Å². The lowest BCUT2D eigenvalue weighted by Crippen LogP contribution is -2.51. The smallest absolute Gasteiger partial charge is 0.268 e. The van der Waals surface area contributed by atoms with Crippen LogP contribution < -0.4 is 20.1 Å². The molecule has 3 aliphatic heterocycles. The molecule has 4 heterocycles. The Labute approximate surface area is 184 Å². The lowest BCUT2D eigenvalue weighted by atomic mass is 10.2. The van der Waals surface area contributed by atoms with Gasteiger partial charge in [0.1, 0.15) is 5.82 Å². The number of hydrogen-bond donors (Lipinski definition) is 1. The van der Waals surface area contributed by atoms with Crippen molar-refractivity contribution in [2.45, 2.75) is 6.10 Å². The summed E-state index contributed by atoms with van der Waals surface area (Å²) in [4.78, 5) is 25.8. The molecular formula is C22H23N5O5. The largest absolute Gasteiger partial charge is 0.493 e. The van der Waals surface area contributed by atoms with Gasteiger partial charge < -0.3 is 34.5 Å². The molecule has 32 heavy (non-hydrogen) atoms. The standard InChI is InChI=1S/C22H23N5O5/c1-29-16-10-13-14(11-17(16)30-2)24-22(25-20(13)23)27-7-5-26(6-8-27)21(28)19-12-18-15(32-19)4-3-9-31-18/h3-4,9-12,19H,5-8H2,1-2H3,(H2,23,24,25). The Kier molecular flexibility index (Phi) is 4.96. The number of amides is 1. The van der Waals surface area contributed by atoms with Gasteiger partial charge in [-0.05, 0) is 18.2 Å². The second-order valence-corrected chi connectivity index (χ2v) is 7.49. The monoisotopic (exact) mass is 437 g/mol. The van der Waals surface area contributed by atoms with E-state index in [1.165, 1.54) is 0 Å². The second kappa shape index (κ2) is 7.95. The van der Waals surface area contributed by atoms with E-state index >= 15 is 0 Å². The van der Waals surface area contributed by atoms with Gasteiger partial charge in [0.25, 0.3) is 5.91 Å². The number of allylic oxidation sites excluding steroid dienone is 2. The number of fused-ring (bicyclic) bond motifs is 2. The van der Waals surface area contributed by atoms with E-state index in [1.807, 2.05) is 4.90 Å². The van der Waals surface area contributed by atoms with Crippen LogP contribution in [0.2, 0.25) is 0 Å². The summed E-state index contributed by atoms with van der Waals surface area (Å²) in [5, 5.41) is 0.694. The van der Waals surface area contributed by atoms with Gasteiger partial charge >= 0.3 is 0 Å². The van der Waals surface area contributed by atoms with Gasteiger partial charge in [-0.1, -0.05) is 0 Å². The van der Waals surface area contributed by atoms with Crippen molar-refractivity contribution >= 4 is 28.6 Å². The van der Waals surface area contributed by atoms with Crippen LogP contribution in [0.1, 0.15) is 0 Å². The zero-order valence-corrected chi connectivity index (χ0v) is 17.8. The van der Waals surface area contributed by atoms with Gasteiger partial charge in [-0.2, -0.15) is 4.98 Å². The Morgan fingerprint density at radius 2 is 1.84 bits per heavy atom. The van der Waals surface area contributed by atoms with Crippen LogP contribution in [0.25, 0.3) is 10.9 Å². The number of nitrogens with zero attached hydrogens (tertiary/aromatic N) is 4. The van der Waals surface area contributed by atoms with Crippen molar-refractivity contribution < 1.29 is 23.7 Å². The average Bonchev–Trinajstić information content (AvgIpc) is 3.27. The van der Waals surface area contributed by atoms with Crippen LogP contribution in [0.5, 0.6) is 11.5 Å². The van der Waals surface area contributed by atoms with E-state index in [0.717, 1.165) is 0 Å². The Morgan fingerprint density at radius 1 is 1.09 bits per heavy atom. The first-order valence-electron chi connectivity index (χ1n) is 10.2. The fourth-order valence-electron chi connectivity index (χ4n) is 3.94. The molecule has 2 N–H and O–H groups in total. The van der Waals surface area contributed by atoms with Gasteiger partial charge in [0, 0.05) is 43.7 Å².